The Balaban J connectivity index is 2.42. The molecule has 0 spiro atoms. The molecule has 5 nitrogen and oxygen atoms in total. The summed E-state index contributed by atoms with van der Waals surface area (Å²) >= 11 is 5.85. The molecule has 0 bridgehead atoms. The van der Waals surface area contributed by atoms with E-state index in [2.05, 4.69) is 4.98 Å². The smallest absolute Gasteiger partial charge is 0.394 e. The highest BCUT2D eigenvalue weighted by Crippen LogP contribution is 2.40. The number of nitriles is 1. The van der Waals surface area contributed by atoms with E-state index >= 15 is 0 Å². The van der Waals surface area contributed by atoms with E-state index < -0.39 is 30.5 Å². The number of alkyl halides is 3. The summed E-state index contributed by atoms with van der Waals surface area (Å²) in [5, 5.41) is 18.4. The lowest BCUT2D eigenvalue weighted by Gasteiger charge is -2.20. The largest absolute Gasteiger partial charge is 0.481 e. The van der Waals surface area contributed by atoms with Gasteiger partial charge in [0, 0.05) is 19.3 Å². The number of hydrogen-bond donors (Lipinski definition) is 1. The fraction of sp³-hybridized carbons (Fsp3) is 0.462. The first kappa shape index (κ1) is 16.4. The van der Waals surface area contributed by atoms with Crippen LogP contribution in [-0.4, -0.2) is 35.3 Å². The van der Waals surface area contributed by atoms with Crippen LogP contribution in [0.4, 0.5) is 19.0 Å². The van der Waals surface area contributed by atoms with Crippen LogP contribution in [0.1, 0.15) is 11.1 Å². The Morgan fingerprint density at radius 1 is 1.55 bits per heavy atom. The Morgan fingerprint density at radius 2 is 2.18 bits per heavy atom. The maximum atomic E-state index is 13.0. The van der Waals surface area contributed by atoms with Crippen molar-refractivity contribution in [3.8, 4) is 6.07 Å². The van der Waals surface area contributed by atoms with E-state index in [0.717, 1.165) is 0 Å². The molecule has 1 aliphatic rings. The van der Waals surface area contributed by atoms with Gasteiger partial charge in [0.15, 0.2) is 0 Å². The summed E-state index contributed by atoms with van der Waals surface area (Å²) in [6, 6.07) is 1.86. The minimum atomic E-state index is -4.63. The van der Waals surface area contributed by atoms with Crippen LogP contribution in [0, 0.1) is 30.1 Å². The van der Waals surface area contributed by atoms with Gasteiger partial charge in [0.1, 0.15) is 11.9 Å². The number of aliphatic carboxylic acids is 1. The third-order valence-electron chi connectivity index (χ3n) is 3.73. The number of hydrogen-bond acceptors (Lipinski definition) is 4. The zero-order chi connectivity index (χ0) is 16.7. The summed E-state index contributed by atoms with van der Waals surface area (Å²) in [6.07, 6.45) is -3.39. The van der Waals surface area contributed by atoms with Crippen LogP contribution in [0.2, 0.25) is 5.02 Å². The number of pyridine rings is 1. The molecule has 0 unspecified atom stereocenters. The Bertz CT molecular complexity index is 657. The van der Waals surface area contributed by atoms with Crippen LogP contribution < -0.4 is 4.90 Å². The molecule has 0 aromatic carbocycles. The summed E-state index contributed by atoms with van der Waals surface area (Å²) in [6.45, 7) is 0.642. The van der Waals surface area contributed by atoms with E-state index in [1.807, 2.05) is 6.07 Å². The van der Waals surface area contributed by atoms with Gasteiger partial charge in [-0.15, -0.1) is 0 Å². The third kappa shape index (κ3) is 2.81. The average Bonchev–Trinajstić information content (AvgIpc) is 2.86. The molecule has 1 aromatic rings. The second kappa shape index (κ2) is 5.65. The van der Waals surface area contributed by atoms with Crippen molar-refractivity contribution in [2.45, 2.75) is 13.1 Å². The summed E-state index contributed by atoms with van der Waals surface area (Å²) in [5.74, 6) is -5.09. The Kier molecular flexibility index (Phi) is 4.20. The summed E-state index contributed by atoms with van der Waals surface area (Å²) < 4.78 is 39.0. The quantitative estimate of drug-likeness (QED) is 0.900. The van der Waals surface area contributed by atoms with Gasteiger partial charge in [-0.2, -0.15) is 18.4 Å². The topological polar surface area (TPSA) is 77.2 Å². The van der Waals surface area contributed by atoms with Gasteiger partial charge in [0.2, 0.25) is 0 Å². The first-order valence-electron chi connectivity index (χ1n) is 6.26. The molecular formula is C13H11ClF3N3O2. The highest BCUT2D eigenvalue weighted by molar-refractivity contribution is 6.31. The zero-order valence-corrected chi connectivity index (χ0v) is 12.1. The van der Waals surface area contributed by atoms with Gasteiger partial charge in [-0.3, -0.25) is 4.79 Å². The second-order valence-electron chi connectivity index (χ2n) is 5.04. The van der Waals surface area contributed by atoms with Crippen molar-refractivity contribution in [1.82, 2.24) is 4.98 Å². The molecular weight excluding hydrogens is 323 g/mol. The molecule has 22 heavy (non-hydrogen) atoms. The van der Waals surface area contributed by atoms with Gasteiger partial charge in [0.25, 0.3) is 0 Å². The molecule has 0 radical (unpaired) electrons. The lowest BCUT2D eigenvalue weighted by atomic mass is 9.96. The number of nitrogens with zero attached hydrogens (tertiary/aromatic N) is 3. The maximum Gasteiger partial charge on any atom is 0.394 e. The summed E-state index contributed by atoms with van der Waals surface area (Å²) in [7, 11) is 0. The Morgan fingerprint density at radius 3 is 2.64 bits per heavy atom. The number of carboxylic acid groups (broad SMARTS) is 1. The van der Waals surface area contributed by atoms with E-state index in [1.165, 1.54) is 11.1 Å². The van der Waals surface area contributed by atoms with E-state index in [-0.39, 0.29) is 22.9 Å². The monoisotopic (exact) mass is 333 g/mol. The Hall–Kier alpha value is -2.01. The normalized spacial score (nSPS) is 21.7. The van der Waals surface area contributed by atoms with Crippen molar-refractivity contribution < 1.29 is 23.1 Å². The molecule has 9 heteroatoms. The number of aromatic nitrogens is 1. The van der Waals surface area contributed by atoms with Gasteiger partial charge in [-0.25, -0.2) is 4.98 Å². The number of carbonyl (C=O) groups is 1. The predicted molar refractivity (Wildman–Crippen MR) is 71.6 cm³/mol. The molecule has 0 aliphatic carbocycles. The van der Waals surface area contributed by atoms with Gasteiger partial charge in [-0.05, 0) is 12.5 Å². The molecule has 1 saturated heterocycles. The lowest BCUT2D eigenvalue weighted by molar-refractivity contribution is -0.187. The van der Waals surface area contributed by atoms with Crippen molar-refractivity contribution in [2.24, 2.45) is 11.8 Å². The fourth-order valence-electron chi connectivity index (χ4n) is 2.50. The Labute approximate surface area is 128 Å². The molecule has 1 N–H and O–H groups in total. The van der Waals surface area contributed by atoms with Gasteiger partial charge in [-0.1, -0.05) is 11.6 Å². The highest BCUT2D eigenvalue weighted by atomic mass is 35.5. The highest BCUT2D eigenvalue weighted by Gasteiger charge is 2.53. The molecule has 1 fully saturated rings. The first-order valence-corrected chi connectivity index (χ1v) is 6.64. The number of anilines is 1. The lowest BCUT2D eigenvalue weighted by Crippen LogP contribution is -2.33. The molecule has 1 aliphatic heterocycles. The van der Waals surface area contributed by atoms with E-state index in [9.17, 15) is 23.2 Å². The SMILES string of the molecule is Cc1c(Cl)cnc(N2C[C@@H](C(F)(F)F)[C@H](C(=O)O)C2)c1C#N. The second-order valence-corrected chi connectivity index (χ2v) is 5.45. The zero-order valence-electron chi connectivity index (χ0n) is 11.4. The van der Waals surface area contributed by atoms with Crippen molar-refractivity contribution in [3.63, 3.8) is 0 Å². The van der Waals surface area contributed by atoms with Crippen LogP contribution in [0.25, 0.3) is 0 Å². The van der Waals surface area contributed by atoms with E-state index in [4.69, 9.17) is 16.7 Å². The van der Waals surface area contributed by atoms with E-state index in [0.29, 0.717) is 5.56 Å². The summed E-state index contributed by atoms with van der Waals surface area (Å²) in [5.41, 5.74) is 0.455. The van der Waals surface area contributed by atoms with Crippen molar-refractivity contribution >= 4 is 23.4 Å². The predicted octanol–water partition coefficient (Wildman–Crippen LogP) is 2.61. The van der Waals surface area contributed by atoms with Crippen LogP contribution in [0.3, 0.4) is 0 Å². The van der Waals surface area contributed by atoms with Crippen LogP contribution in [0.5, 0.6) is 0 Å². The standard InChI is InChI=1S/C13H11ClF3N3O2/c1-6-7(2-18)11(19-3-10(6)14)20-4-8(12(21)22)9(5-20)13(15,16)17/h3,8-9H,4-5H2,1H3,(H,21,22)/t8-,9-/m1/s1. The molecule has 0 amide bonds. The molecule has 118 valence electrons. The third-order valence-corrected chi connectivity index (χ3v) is 4.11. The number of rotatable bonds is 2. The van der Waals surface area contributed by atoms with E-state index in [1.54, 1.807) is 6.92 Å². The first-order chi connectivity index (χ1) is 10.2. The van der Waals surface area contributed by atoms with Crippen LogP contribution in [0.15, 0.2) is 6.20 Å². The van der Waals surface area contributed by atoms with Gasteiger partial charge < -0.3 is 10.0 Å². The molecule has 0 saturated carbocycles. The molecule has 2 rings (SSSR count). The molecule has 1 aromatic heterocycles. The summed E-state index contributed by atoms with van der Waals surface area (Å²) in [4.78, 5) is 16.2. The molecule has 2 heterocycles. The number of carboxylic acids is 1. The van der Waals surface area contributed by atoms with Gasteiger partial charge in [0.05, 0.1) is 22.4 Å². The van der Waals surface area contributed by atoms with Crippen molar-refractivity contribution in [3.05, 3.63) is 22.3 Å². The molecule has 2 atom stereocenters. The minimum absolute atomic E-state index is 0.0300. The van der Waals surface area contributed by atoms with Crippen LogP contribution in [-0.2, 0) is 4.79 Å². The van der Waals surface area contributed by atoms with Crippen molar-refractivity contribution in [2.75, 3.05) is 18.0 Å². The number of halogens is 4. The maximum absolute atomic E-state index is 13.0. The average molecular weight is 334 g/mol. The minimum Gasteiger partial charge on any atom is -0.481 e. The van der Waals surface area contributed by atoms with Gasteiger partial charge >= 0.3 is 12.1 Å². The fourth-order valence-corrected chi connectivity index (χ4v) is 2.64. The van der Waals surface area contributed by atoms with Crippen molar-refractivity contribution in [1.29, 1.82) is 5.26 Å². The van der Waals surface area contributed by atoms with Crippen LogP contribution >= 0.6 is 11.6 Å².